The highest BCUT2D eigenvalue weighted by Crippen LogP contribution is 2.23. The monoisotopic (exact) mass is 401 g/mol. The first kappa shape index (κ1) is 22.3. The number of hydrogen-bond donors (Lipinski definition) is 0. The molecule has 2 amide bonds. The normalized spacial score (nSPS) is 14.5. The maximum Gasteiger partial charge on any atom is 0.277 e. The topological polar surface area (TPSA) is 101 Å². The molecule has 0 saturated carbocycles. The van der Waals surface area contributed by atoms with Crippen LogP contribution in [0.2, 0.25) is 0 Å². The molecule has 8 heteroatoms. The number of Topliss-reactive ketones (excluding diaryl/α,β-unsaturated/α-hetero) is 1. The van der Waals surface area contributed by atoms with Crippen LogP contribution in [0.5, 0.6) is 0 Å². The third-order valence-electron chi connectivity index (χ3n) is 4.97. The Morgan fingerprint density at radius 1 is 1.10 bits per heavy atom. The molecule has 1 aromatic rings. The first-order valence-corrected chi connectivity index (χ1v) is 9.75. The molecule has 1 heterocycles. The molecule has 1 aromatic carbocycles. The highest BCUT2D eigenvalue weighted by atomic mass is 16.6. The zero-order chi connectivity index (χ0) is 21.6. The Labute approximate surface area is 170 Å². The van der Waals surface area contributed by atoms with E-state index in [4.69, 9.17) is 0 Å². The lowest BCUT2D eigenvalue weighted by Gasteiger charge is -2.35. The Balaban J connectivity index is 1.98. The zero-order valence-corrected chi connectivity index (χ0v) is 17.1. The van der Waals surface area contributed by atoms with E-state index in [-0.39, 0.29) is 47.6 Å². The van der Waals surface area contributed by atoms with E-state index in [9.17, 15) is 24.5 Å². The van der Waals surface area contributed by atoms with Crippen LogP contribution in [0.15, 0.2) is 24.3 Å². The van der Waals surface area contributed by atoms with Crippen LogP contribution in [0.25, 0.3) is 6.08 Å². The van der Waals surface area contributed by atoms with E-state index in [1.165, 1.54) is 6.07 Å². The third-order valence-corrected chi connectivity index (χ3v) is 4.97. The smallest absolute Gasteiger partial charge is 0.277 e. The molecule has 0 aliphatic carbocycles. The molecular formula is C21H27N3O5. The lowest BCUT2D eigenvalue weighted by atomic mass is 10.0. The second-order valence-electron chi connectivity index (χ2n) is 7.32. The summed E-state index contributed by atoms with van der Waals surface area (Å²) >= 11 is 0. The summed E-state index contributed by atoms with van der Waals surface area (Å²) in [4.78, 5) is 50.8. The Bertz CT molecular complexity index is 824. The standard InChI is InChI=1S/C21H27N3O5/c1-4-5-16-6-7-17(14-18(16)24(28)29)21(27)23-12-10-22(11-13-23)20(26)9-8-19(25)15(2)3/h4-7,14-15H,8-13H2,1-3H3/b5-4+. The van der Waals surface area contributed by atoms with Gasteiger partial charge in [0.1, 0.15) is 5.78 Å². The second kappa shape index (κ2) is 9.95. The molecular weight excluding hydrogens is 374 g/mol. The summed E-state index contributed by atoms with van der Waals surface area (Å²) in [5, 5.41) is 11.3. The van der Waals surface area contributed by atoms with Crippen LogP contribution < -0.4 is 0 Å². The van der Waals surface area contributed by atoms with Gasteiger partial charge in [0.15, 0.2) is 0 Å². The van der Waals surface area contributed by atoms with Crippen LogP contribution in [0.3, 0.4) is 0 Å². The summed E-state index contributed by atoms with van der Waals surface area (Å²) in [6.45, 7) is 6.88. The van der Waals surface area contributed by atoms with Gasteiger partial charge in [0.05, 0.1) is 10.5 Å². The fraction of sp³-hybridized carbons (Fsp3) is 0.476. The number of nitro benzene ring substituents is 1. The highest BCUT2D eigenvalue weighted by Gasteiger charge is 2.26. The van der Waals surface area contributed by atoms with Gasteiger partial charge in [0.2, 0.25) is 5.91 Å². The van der Waals surface area contributed by atoms with Gasteiger partial charge in [-0.15, -0.1) is 0 Å². The predicted molar refractivity (Wildman–Crippen MR) is 109 cm³/mol. The van der Waals surface area contributed by atoms with Crippen molar-refractivity contribution < 1.29 is 19.3 Å². The molecule has 156 valence electrons. The van der Waals surface area contributed by atoms with Gasteiger partial charge in [0, 0.05) is 56.6 Å². The number of benzene rings is 1. The van der Waals surface area contributed by atoms with E-state index in [1.54, 1.807) is 41.0 Å². The lowest BCUT2D eigenvalue weighted by Crippen LogP contribution is -2.50. The van der Waals surface area contributed by atoms with Gasteiger partial charge in [0.25, 0.3) is 11.6 Å². The van der Waals surface area contributed by atoms with Crippen molar-refractivity contribution in [2.45, 2.75) is 33.6 Å². The molecule has 0 radical (unpaired) electrons. The van der Waals surface area contributed by atoms with E-state index in [0.717, 1.165) is 0 Å². The predicted octanol–water partition coefficient (Wildman–Crippen LogP) is 2.92. The zero-order valence-electron chi connectivity index (χ0n) is 17.1. The van der Waals surface area contributed by atoms with Gasteiger partial charge in [-0.05, 0) is 19.1 Å². The van der Waals surface area contributed by atoms with Gasteiger partial charge in [-0.2, -0.15) is 0 Å². The number of carbonyl (C=O) groups is 3. The number of piperazine rings is 1. The van der Waals surface area contributed by atoms with E-state index < -0.39 is 4.92 Å². The summed E-state index contributed by atoms with van der Waals surface area (Å²) in [5.41, 5.74) is 0.588. The van der Waals surface area contributed by atoms with Crippen molar-refractivity contribution in [1.29, 1.82) is 0 Å². The van der Waals surface area contributed by atoms with Crippen molar-refractivity contribution in [1.82, 2.24) is 9.80 Å². The van der Waals surface area contributed by atoms with Crippen molar-refractivity contribution in [2.75, 3.05) is 26.2 Å². The Kier molecular flexibility index (Phi) is 7.64. The molecule has 0 N–H and O–H groups in total. The summed E-state index contributed by atoms with van der Waals surface area (Å²) < 4.78 is 0. The molecule has 1 aliphatic rings. The molecule has 1 fully saturated rings. The number of nitrogens with zero attached hydrogens (tertiary/aromatic N) is 3. The Morgan fingerprint density at radius 2 is 1.72 bits per heavy atom. The summed E-state index contributed by atoms with van der Waals surface area (Å²) in [7, 11) is 0. The maximum atomic E-state index is 12.7. The van der Waals surface area contributed by atoms with Crippen LogP contribution in [0, 0.1) is 16.0 Å². The average molecular weight is 401 g/mol. The van der Waals surface area contributed by atoms with Gasteiger partial charge in [-0.3, -0.25) is 24.5 Å². The molecule has 2 rings (SSSR count). The van der Waals surface area contributed by atoms with Crippen molar-refractivity contribution in [3.8, 4) is 0 Å². The molecule has 0 atom stereocenters. The fourth-order valence-corrected chi connectivity index (χ4v) is 3.17. The maximum absolute atomic E-state index is 12.7. The first-order valence-electron chi connectivity index (χ1n) is 9.75. The molecule has 0 bridgehead atoms. The molecule has 0 aromatic heterocycles. The molecule has 1 saturated heterocycles. The minimum atomic E-state index is -0.499. The van der Waals surface area contributed by atoms with Gasteiger partial charge in [-0.25, -0.2) is 0 Å². The van der Waals surface area contributed by atoms with Crippen LogP contribution in [0.1, 0.15) is 49.5 Å². The second-order valence-corrected chi connectivity index (χ2v) is 7.32. The van der Waals surface area contributed by atoms with E-state index >= 15 is 0 Å². The van der Waals surface area contributed by atoms with Crippen LogP contribution in [-0.4, -0.2) is 58.5 Å². The van der Waals surface area contributed by atoms with Crippen molar-refractivity contribution in [3.05, 3.63) is 45.5 Å². The molecule has 29 heavy (non-hydrogen) atoms. The van der Waals surface area contributed by atoms with E-state index in [0.29, 0.717) is 31.7 Å². The van der Waals surface area contributed by atoms with Crippen molar-refractivity contribution >= 4 is 29.4 Å². The SMILES string of the molecule is C/C=C/c1ccc(C(=O)N2CCN(C(=O)CCC(=O)C(C)C)CC2)cc1[N+](=O)[O-]. The number of amides is 2. The minimum absolute atomic E-state index is 0.0649. The third kappa shape index (κ3) is 5.73. The largest absolute Gasteiger partial charge is 0.339 e. The number of hydrogen-bond acceptors (Lipinski definition) is 5. The van der Waals surface area contributed by atoms with Crippen molar-refractivity contribution in [3.63, 3.8) is 0 Å². The quantitative estimate of drug-likeness (QED) is 0.516. The number of ketones is 1. The Morgan fingerprint density at radius 3 is 2.28 bits per heavy atom. The highest BCUT2D eigenvalue weighted by molar-refractivity contribution is 5.95. The molecule has 8 nitrogen and oxygen atoms in total. The van der Waals surface area contributed by atoms with E-state index in [2.05, 4.69) is 0 Å². The number of carbonyl (C=O) groups excluding carboxylic acids is 3. The van der Waals surface area contributed by atoms with Crippen LogP contribution >= 0.6 is 0 Å². The fourth-order valence-electron chi connectivity index (χ4n) is 3.17. The Hall–Kier alpha value is -3.03. The number of allylic oxidation sites excluding steroid dienone is 1. The van der Waals surface area contributed by atoms with Gasteiger partial charge in [-0.1, -0.05) is 26.0 Å². The minimum Gasteiger partial charge on any atom is -0.339 e. The first-order chi connectivity index (χ1) is 13.7. The molecule has 0 spiro atoms. The summed E-state index contributed by atoms with van der Waals surface area (Å²) in [6.07, 6.45) is 3.75. The number of nitro groups is 1. The van der Waals surface area contributed by atoms with Gasteiger partial charge < -0.3 is 9.80 Å². The summed E-state index contributed by atoms with van der Waals surface area (Å²) in [6, 6.07) is 4.45. The van der Waals surface area contributed by atoms with E-state index in [1.807, 2.05) is 13.8 Å². The van der Waals surface area contributed by atoms with Crippen LogP contribution in [-0.2, 0) is 9.59 Å². The lowest BCUT2D eigenvalue weighted by molar-refractivity contribution is -0.385. The molecule has 0 unspecified atom stereocenters. The molecule has 1 aliphatic heterocycles. The van der Waals surface area contributed by atoms with Crippen molar-refractivity contribution in [2.24, 2.45) is 5.92 Å². The van der Waals surface area contributed by atoms with Crippen LogP contribution in [0.4, 0.5) is 5.69 Å². The average Bonchev–Trinajstić information content (AvgIpc) is 2.71. The van der Waals surface area contributed by atoms with Gasteiger partial charge >= 0.3 is 0 Å². The summed E-state index contributed by atoms with van der Waals surface area (Å²) in [5.74, 6) is -0.393. The number of rotatable bonds is 7.